The Kier molecular flexibility index (Phi) is 20.9. The third kappa shape index (κ3) is 13.6. The first-order chi connectivity index (χ1) is 31.6. The Morgan fingerprint density at radius 3 is 0.818 bits per heavy atom. The van der Waals surface area contributed by atoms with Gasteiger partial charge in [-0.2, -0.15) is 14.4 Å². The molecule has 0 radical (unpaired) electrons. The standard InChI is InChI=1S/C48H62O15Si3/c1-11-48(33-55-45(52)61-58-42(49)36-21-27-39(28-22-36)64(12-2,13-3)14-4,34-56-46(53)62-59-43(50)37-23-29-40(30-24-37)65(15-5,16-6)17-7)35-57-47(54)63-60-44(51)38-25-31-41(32-26-38)66(18-8,19-9)20-10/h12,15,18,21-32H,2,5,8,11,13-14,16-17,19-20,33-35H2,1,3-4,6-7,9-10H3. The second-order valence-electron chi connectivity index (χ2n) is 15.8. The van der Waals surface area contributed by atoms with Crippen molar-refractivity contribution in [3.05, 3.63) is 126 Å². The molecular weight excluding hydrogens is 901 g/mol. The molecule has 356 valence electrons. The molecular formula is C48H62O15Si3. The highest BCUT2D eigenvalue weighted by Crippen LogP contribution is 2.26. The van der Waals surface area contributed by atoms with Crippen molar-refractivity contribution in [3.63, 3.8) is 0 Å². The molecule has 3 aromatic rings. The van der Waals surface area contributed by atoms with Crippen molar-refractivity contribution < 1.29 is 72.3 Å². The van der Waals surface area contributed by atoms with E-state index in [0.29, 0.717) is 0 Å². The maximum Gasteiger partial charge on any atom is 0.549 e. The Morgan fingerprint density at radius 2 is 0.636 bits per heavy atom. The summed E-state index contributed by atoms with van der Waals surface area (Å²) < 4.78 is 15.6. The highest BCUT2D eigenvalue weighted by molar-refractivity contribution is 6.96. The molecule has 0 aliphatic rings. The quantitative estimate of drug-likeness (QED) is 0.0305. The van der Waals surface area contributed by atoms with Gasteiger partial charge in [0.05, 0.1) is 22.1 Å². The summed E-state index contributed by atoms with van der Waals surface area (Å²) in [5, 5.41) is 3.25. The molecule has 0 N–H and O–H groups in total. The van der Waals surface area contributed by atoms with Crippen LogP contribution in [-0.4, -0.2) is 80.4 Å². The van der Waals surface area contributed by atoms with Gasteiger partial charge < -0.3 is 14.2 Å². The molecule has 15 nitrogen and oxygen atoms in total. The summed E-state index contributed by atoms with van der Waals surface area (Å²) in [5.41, 5.74) is 4.79. The highest BCUT2D eigenvalue weighted by atomic mass is 28.3. The van der Waals surface area contributed by atoms with Crippen LogP contribution in [0.2, 0.25) is 36.3 Å². The van der Waals surface area contributed by atoms with Gasteiger partial charge in [-0.1, -0.05) is 154 Å². The van der Waals surface area contributed by atoms with Crippen LogP contribution in [0.1, 0.15) is 86.0 Å². The minimum absolute atomic E-state index is 0.00759. The van der Waals surface area contributed by atoms with Crippen molar-refractivity contribution in [1.82, 2.24) is 0 Å². The fourth-order valence-electron chi connectivity index (χ4n) is 7.51. The van der Waals surface area contributed by atoms with E-state index >= 15 is 0 Å². The van der Waals surface area contributed by atoms with Gasteiger partial charge in [0, 0.05) is 0 Å². The first kappa shape index (κ1) is 54.1. The third-order valence-electron chi connectivity index (χ3n) is 12.8. The predicted octanol–water partition coefficient (Wildman–Crippen LogP) is 9.42. The van der Waals surface area contributed by atoms with Gasteiger partial charge in [0.25, 0.3) is 0 Å². The van der Waals surface area contributed by atoms with Gasteiger partial charge in [-0.15, -0.1) is 19.7 Å². The fraction of sp³-hybridized carbons (Fsp3) is 0.375. The molecule has 0 saturated carbocycles. The van der Waals surface area contributed by atoms with Crippen LogP contribution in [0.4, 0.5) is 14.4 Å². The Bertz CT molecular complexity index is 1900. The summed E-state index contributed by atoms with van der Waals surface area (Å²) in [6.45, 7) is 24.2. The minimum atomic E-state index is -1.94. The zero-order valence-electron chi connectivity index (χ0n) is 39.0. The van der Waals surface area contributed by atoms with E-state index in [1.54, 1.807) is 43.3 Å². The van der Waals surface area contributed by atoms with Gasteiger partial charge in [-0.3, -0.25) is 0 Å². The molecule has 66 heavy (non-hydrogen) atoms. The lowest BCUT2D eigenvalue weighted by Gasteiger charge is -2.29. The second kappa shape index (κ2) is 25.4. The first-order valence-electron chi connectivity index (χ1n) is 22.0. The zero-order chi connectivity index (χ0) is 49.0. The number of ether oxygens (including phenoxy) is 3. The number of carbonyl (C=O) groups is 6. The Balaban J connectivity index is 1.67. The van der Waals surface area contributed by atoms with Gasteiger partial charge >= 0.3 is 36.4 Å². The van der Waals surface area contributed by atoms with Gasteiger partial charge in [0.1, 0.15) is 44.0 Å². The lowest BCUT2D eigenvalue weighted by atomic mass is 9.88. The van der Waals surface area contributed by atoms with Crippen molar-refractivity contribution in [2.75, 3.05) is 19.8 Å². The minimum Gasteiger partial charge on any atom is -0.431 e. The zero-order valence-corrected chi connectivity index (χ0v) is 42.0. The van der Waals surface area contributed by atoms with Crippen molar-refractivity contribution in [2.24, 2.45) is 5.41 Å². The average Bonchev–Trinajstić information content (AvgIpc) is 3.36. The smallest absolute Gasteiger partial charge is 0.431 e. The van der Waals surface area contributed by atoms with Crippen molar-refractivity contribution in [2.45, 2.75) is 91.2 Å². The van der Waals surface area contributed by atoms with E-state index in [0.717, 1.165) is 51.8 Å². The van der Waals surface area contributed by atoms with E-state index in [9.17, 15) is 28.8 Å². The highest BCUT2D eigenvalue weighted by Gasteiger charge is 2.37. The van der Waals surface area contributed by atoms with E-state index in [2.05, 4.69) is 75.9 Å². The number of carbonyl (C=O) groups excluding carboxylic acids is 6. The fourth-order valence-corrected chi connectivity index (χ4v) is 16.4. The van der Waals surface area contributed by atoms with Crippen molar-refractivity contribution >= 4 is 76.2 Å². The molecule has 0 fully saturated rings. The maximum atomic E-state index is 12.7. The molecule has 0 saturated heterocycles. The molecule has 0 amide bonds. The van der Waals surface area contributed by atoms with Gasteiger partial charge in [-0.05, 0) is 42.8 Å². The van der Waals surface area contributed by atoms with Crippen LogP contribution >= 0.6 is 0 Å². The number of hydrogen-bond donors (Lipinski definition) is 0. The van der Waals surface area contributed by atoms with Crippen LogP contribution in [0.5, 0.6) is 0 Å². The second-order valence-corrected chi connectivity index (χ2v) is 29.9. The Morgan fingerprint density at radius 1 is 0.409 bits per heavy atom. The summed E-state index contributed by atoms with van der Waals surface area (Å²) in [6.07, 6.45) is -4.40. The largest absolute Gasteiger partial charge is 0.549 e. The molecule has 0 aliphatic heterocycles. The lowest BCUT2D eigenvalue weighted by Crippen LogP contribution is -2.44. The van der Waals surface area contributed by atoms with Crippen LogP contribution in [0.25, 0.3) is 0 Å². The SMILES string of the molecule is C=C[Si](CC)(CC)c1ccc(C(=O)OOC(=O)OCC(CC)(COC(=O)OOC(=O)c2ccc([Si](C=C)(CC)CC)cc2)COC(=O)OOC(=O)c2ccc([Si](C=C)(CC)CC)cc2)cc1. The molecule has 0 spiro atoms. The van der Waals surface area contributed by atoms with E-state index in [1.165, 1.54) is 0 Å². The molecule has 3 rings (SSSR count). The van der Waals surface area contributed by atoms with E-state index in [1.807, 2.05) is 53.5 Å². The molecule has 0 aromatic heterocycles. The summed E-state index contributed by atoms with van der Waals surface area (Å²) in [5.74, 6) is -2.93. The van der Waals surface area contributed by atoms with E-state index in [4.69, 9.17) is 28.9 Å². The lowest BCUT2D eigenvalue weighted by molar-refractivity contribution is -0.217. The van der Waals surface area contributed by atoms with E-state index < -0.39 is 85.8 Å². The summed E-state index contributed by atoms with van der Waals surface area (Å²) in [7, 11) is -5.81. The third-order valence-corrected chi connectivity index (χ3v) is 27.2. The van der Waals surface area contributed by atoms with Gasteiger partial charge in [0.2, 0.25) is 0 Å². The normalized spacial score (nSPS) is 11.5. The Labute approximate surface area is 389 Å². The number of benzene rings is 3. The molecule has 0 bridgehead atoms. The van der Waals surface area contributed by atoms with Crippen LogP contribution in [-0.2, 0) is 43.5 Å². The number of rotatable bonds is 22. The van der Waals surface area contributed by atoms with Crippen LogP contribution in [0.3, 0.4) is 0 Å². The number of hydrogen-bond acceptors (Lipinski definition) is 15. The average molecular weight is 963 g/mol. The Hall–Kier alpha value is -6.25. The summed E-state index contributed by atoms with van der Waals surface area (Å²) in [4.78, 5) is 104. The first-order valence-corrected chi connectivity index (χ1v) is 29.4. The summed E-state index contributed by atoms with van der Waals surface area (Å²) >= 11 is 0. The van der Waals surface area contributed by atoms with E-state index in [-0.39, 0.29) is 23.1 Å². The summed E-state index contributed by atoms with van der Waals surface area (Å²) in [6, 6.07) is 25.9. The topological polar surface area (TPSA) is 185 Å². The molecule has 18 heteroatoms. The monoisotopic (exact) mass is 962 g/mol. The van der Waals surface area contributed by atoms with Gasteiger partial charge in [0.15, 0.2) is 0 Å². The van der Waals surface area contributed by atoms with Crippen LogP contribution in [0, 0.1) is 5.41 Å². The molecule has 0 heterocycles. The van der Waals surface area contributed by atoms with Gasteiger partial charge in [-0.25, -0.2) is 43.7 Å². The van der Waals surface area contributed by atoms with Crippen LogP contribution in [0.15, 0.2) is 110 Å². The molecule has 0 aliphatic carbocycles. The van der Waals surface area contributed by atoms with Crippen molar-refractivity contribution in [3.8, 4) is 0 Å². The molecule has 0 atom stereocenters. The molecule has 0 unspecified atom stereocenters. The predicted molar refractivity (Wildman–Crippen MR) is 255 cm³/mol. The molecule has 3 aromatic carbocycles. The maximum absolute atomic E-state index is 12.7. The van der Waals surface area contributed by atoms with Crippen molar-refractivity contribution in [1.29, 1.82) is 0 Å². The van der Waals surface area contributed by atoms with Crippen LogP contribution < -0.4 is 15.6 Å².